The van der Waals surface area contributed by atoms with E-state index in [-0.39, 0.29) is 66.8 Å². The second-order valence-corrected chi connectivity index (χ2v) is 20.0. The zero-order chi connectivity index (χ0) is 43.2. The van der Waals surface area contributed by atoms with Crippen molar-refractivity contribution in [3.05, 3.63) is 23.3 Å². The van der Waals surface area contributed by atoms with Crippen molar-refractivity contribution in [1.82, 2.24) is 10.2 Å². The van der Waals surface area contributed by atoms with Crippen molar-refractivity contribution >= 4 is 37.2 Å². The van der Waals surface area contributed by atoms with Crippen LogP contribution in [-0.4, -0.2) is 95.8 Å². The molecule has 6 rings (SSSR count). The first-order valence-corrected chi connectivity index (χ1v) is 20.5. The predicted octanol–water partition coefficient (Wildman–Crippen LogP) is 6.37. The fraction of sp³-hybridized carbons (Fsp3) is 0.738. The average molecular weight is 814 g/mol. The number of nitrogens with two attached hydrogens (primary N) is 1. The van der Waals surface area contributed by atoms with Gasteiger partial charge in [-0.3, -0.25) is 9.59 Å². The molecule has 2 bridgehead atoms. The Morgan fingerprint density at radius 3 is 2.16 bits per heavy atom. The number of aryl methyl sites for hydroxylation is 1. The summed E-state index contributed by atoms with van der Waals surface area (Å²) >= 11 is 0. The number of nitrogens with one attached hydrogen (secondary N) is 1. The molecule has 0 spiro atoms. The minimum atomic E-state index is -1.00. The summed E-state index contributed by atoms with van der Waals surface area (Å²) in [6.45, 7) is 22.6. The summed E-state index contributed by atoms with van der Waals surface area (Å²) in [6, 6.07) is 2.68. The fourth-order valence-corrected chi connectivity index (χ4v) is 8.50. The summed E-state index contributed by atoms with van der Waals surface area (Å²) in [6.07, 6.45) is 0.609. The van der Waals surface area contributed by atoms with Crippen LogP contribution in [0.1, 0.15) is 131 Å². The molecule has 3 saturated carbocycles. The molecule has 3 aliphatic carbocycles. The molecule has 5 atom stereocenters. The lowest BCUT2D eigenvalue weighted by Gasteiger charge is -2.64. The van der Waals surface area contributed by atoms with E-state index in [1.165, 1.54) is 0 Å². The molecule has 2 heterocycles. The van der Waals surface area contributed by atoms with Crippen LogP contribution in [0.4, 0.5) is 9.59 Å². The summed E-state index contributed by atoms with van der Waals surface area (Å²) < 4.78 is 42.0. The topological polar surface area (TPSA) is 191 Å². The van der Waals surface area contributed by atoms with E-state index in [9.17, 15) is 24.0 Å². The summed E-state index contributed by atoms with van der Waals surface area (Å²) in [7, 11) is -0.492. The Labute approximate surface area is 343 Å². The number of ether oxygens (including phenoxy) is 5. The SMILES string of the molecule is CC(C)(C)OC(=O)NC(CCC(N)=O)CC(=O)N1CC(Oc2ccc(CCB3O[C@@H]4C[C@@H]5C[C@@H](C5(C)C)[C@]4(C)O3)c(OC(=O)OC(C)(C)C)c2C(=O)OC(C)(C)C)C1. The van der Waals surface area contributed by atoms with E-state index in [2.05, 4.69) is 26.1 Å². The van der Waals surface area contributed by atoms with Crippen LogP contribution in [0, 0.1) is 17.3 Å². The van der Waals surface area contributed by atoms with Crippen LogP contribution in [0.25, 0.3) is 0 Å². The zero-order valence-corrected chi connectivity index (χ0v) is 36.4. The van der Waals surface area contributed by atoms with Gasteiger partial charge in [0, 0.05) is 18.9 Å². The normalized spacial score (nSPS) is 24.4. The number of primary amides is 1. The quantitative estimate of drug-likeness (QED) is 0.0971. The second kappa shape index (κ2) is 16.5. The Morgan fingerprint density at radius 2 is 1.57 bits per heavy atom. The number of rotatable bonds is 13. The maximum Gasteiger partial charge on any atom is 0.514 e. The predicted molar refractivity (Wildman–Crippen MR) is 214 cm³/mol. The van der Waals surface area contributed by atoms with Gasteiger partial charge in [0.25, 0.3) is 0 Å². The Morgan fingerprint density at radius 1 is 0.931 bits per heavy atom. The lowest BCUT2D eigenvalue weighted by molar-refractivity contribution is -0.199. The highest BCUT2D eigenvalue weighted by Gasteiger charge is 2.67. The number of carbonyl (C=O) groups excluding carboxylic acids is 5. The number of carbonyl (C=O) groups is 5. The maximum atomic E-state index is 14.0. The molecule has 1 aromatic carbocycles. The molecule has 2 aliphatic heterocycles. The Bertz CT molecular complexity index is 1740. The molecule has 1 aromatic rings. The molecule has 5 fully saturated rings. The van der Waals surface area contributed by atoms with Gasteiger partial charge in [0.05, 0.1) is 24.8 Å². The number of amides is 3. The highest BCUT2D eigenvalue weighted by molar-refractivity contribution is 6.45. The van der Waals surface area contributed by atoms with E-state index in [1.807, 2.05) is 0 Å². The van der Waals surface area contributed by atoms with Crippen LogP contribution in [0.15, 0.2) is 12.1 Å². The van der Waals surface area contributed by atoms with Gasteiger partial charge in [0.15, 0.2) is 5.75 Å². The highest BCUT2D eigenvalue weighted by atomic mass is 16.7. The number of likely N-dealkylation sites (tertiary alicyclic amines) is 1. The molecule has 2 saturated heterocycles. The molecule has 0 aromatic heterocycles. The van der Waals surface area contributed by atoms with E-state index < -0.39 is 65.8 Å². The van der Waals surface area contributed by atoms with Gasteiger partial charge in [0.2, 0.25) is 11.8 Å². The van der Waals surface area contributed by atoms with Crippen molar-refractivity contribution < 1.29 is 57.0 Å². The zero-order valence-electron chi connectivity index (χ0n) is 36.4. The number of esters is 1. The molecular formula is C42H64BN3O12. The van der Waals surface area contributed by atoms with E-state index in [0.29, 0.717) is 30.1 Å². The minimum Gasteiger partial charge on any atom is -0.486 e. The molecule has 16 heteroatoms. The lowest BCUT2D eigenvalue weighted by Crippen LogP contribution is -2.65. The highest BCUT2D eigenvalue weighted by Crippen LogP contribution is 2.65. The second-order valence-electron chi connectivity index (χ2n) is 20.0. The van der Waals surface area contributed by atoms with Crippen LogP contribution in [-0.2, 0) is 39.5 Å². The first-order chi connectivity index (χ1) is 26.6. The van der Waals surface area contributed by atoms with Gasteiger partial charge in [-0.05, 0) is 130 Å². The molecular weight excluding hydrogens is 749 g/mol. The molecule has 5 aliphatic rings. The van der Waals surface area contributed by atoms with Crippen LogP contribution < -0.4 is 20.5 Å². The first-order valence-electron chi connectivity index (χ1n) is 20.5. The van der Waals surface area contributed by atoms with Gasteiger partial charge in [-0.25, -0.2) is 14.4 Å². The fourth-order valence-electron chi connectivity index (χ4n) is 8.50. The Kier molecular flexibility index (Phi) is 12.8. The number of benzene rings is 1. The first kappa shape index (κ1) is 45.0. The lowest BCUT2D eigenvalue weighted by atomic mass is 9.43. The third kappa shape index (κ3) is 11.0. The van der Waals surface area contributed by atoms with E-state index in [1.54, 1.807) is 79.3 Å². The Hall–Kier alpha value is -4.05. The van der Waals surface area contributed by atoms with Gasteiger partial charge in [-0.15, -0.1) is 0 Å². The molecule has 0 radical (unpaired) electrons. The van der Waals surface area contributed by atoms with Crippen molar-refractivity contribution in [2.75, 3.05) is 13.1 Å². The van der Waals surface area contributed by atoms with E-state index in [4.69, 9.17) is 38.7 Å². The average Bonchev–Trinajstić information content (AvgIpc) is 3.37. The van der Waals surface area contributed by atoms with Gasteiger partial charge in [-0.2, -0.15) is 0 Å². The van der Waals surface area contributed by atoms with Gasteiger partial charge < -0.3 is 48.9 Å². The number of hydrogen-bond acceptors (Lipinski definition) is 12. The Balaban J connectivity index is 1.34. The van der Waals surface area contributed by atoms with Crippen molar-refractivity contribution in [3.8, 4) is 11.5 Å². The summed E-state index contributed by atoms with van der Waals surface area (Å²) in [5, 5.41) is 2.68. The third-order valence-electron chi connectivity index (χ3n) is 11.4. The van der Waals surface area contributed by atoms with Gasteiger partial charge >= 0.3 is 25.3 Å². The monoisotopic (exact) mass is 813 g/mol. The van der Waals surface area contributed by atoms with E-state index >= 15 is 0 Å². The van der Waals surface area contributed by atoms with Crippen molar-refractivity contribution in [2.45, 2.75) is 169 Å². The van der Waals surface area contributed by atoms with Crippen molar-refractivity contribution in [3.63, 3.8) is 0 Å². The summed E-state index contributed by atoms with van der Waals surface area (Å²) in [5.41, 5.74) is 3.03. The standard InChI is InChI=1S/C42H64BN3O12/c1-38(2,3)54-35(49)33-28(52-27-22-46(23-27)32(48)21-26(14-16-31(44)47)45-36(50)55-39(4,5)6)15-13-24(34(33)53-37(51)56-40(7,8)9)17-18-43-57-30-20-25-19-29(41(25,10)11)42(30,12)58-43/h13,15,25-27,29-30H,14,16-23H2,1-12H3,(H2,44,47)(H,45,50)/t25-,26?,29-,30+,42-/m0/s1. The molecule has 3 amide bonds. The smallest absolute Gasteiger partial charge is 0.486 e. The third-order valence-corrected chi connectivity index (χ3v) is 11.4. The molecule has 58 heavy (non-hydrogen) atoms. The minimum absolute atomic E-state index is 0.00366. The molecule has 3 N–H and O–H groups in total. The number of nitrogens with zero attached hydrogens (tertiary/aromatic N) is 1. The van der Waals surface area contributed by atoms with Crippen LogP contribution >= 0.6 is 0 Å². The molecule has 15 nitrogen and oxygen atoms in total. The maximum absolute atomic E-state index is 14.0. The number of alkyl carbamates (subject to hydrolysis) is 1. The van der Waals surface area contributed by atoms with E-state index in [0.717, 1.165) is 12.8 Å². The van der Waals surface area contributed by atoms with Crippen LogP contribution in [0.3, 0.4) is 0 Å². The largest absolute Gasteiger partial charge is 0.514 e. The van der Waals surface area contributed by atoms with Gasteiger partial charge in [0.1, 0.15) is 34.2 Å². The van der Waals surface area contributed by atoms with Crippen molar-refractivity contribution in [2.24, 2.45) is 23.0 Å². The van der Waals surface area contributed by atoms with Gasteiger partial charge in [-0.1, -0.05) is 19.9 Å². The summed E-state index contributed by atoms with van der Waals surface area (Å²) in [4.78, 5) is 66.2. The number of hydrogen-bond donors (Lipinski definition) is 2. The molecule has 322 valence electrons. The van der Waals surface area contributed by atoms with Crippen molar-refractivity contribution in [1.29, 1.82) is 0 Å². The summed E-state index contributed by atoms with van der Waals surface area (Å²) in [5.74, 6) is -0.567. The molecule has 1 unspecified atom stereocenters. The van der Waals surface area contributed by atoms with Crippen LogP contribution in [0.2, 0.25) is 6.32 Å². The van der Waals surface area contributed by atoms with Crippen LogP contribution in [0.5, 0.6) is 11.5 Å².